The average Bonchev–Trinajstić information content (AvgIpc) is 3.08. The third-order valence-electron chi connectivity index (χ3n) is 4.11. The zero-order valence-corrected chi connectivity index (χ0v) is 13.3. The van der Waals surface area contributed by atoms with Crippen LogP contribution in [0, 0.1) is 5.92 Å². The number of tetrazole rings is 1. The summed E-state index contributed by atoms with van der Waals surface area (Å²) in [6.45, 7) is 4.36. The molecule has 2 aromatic heterocycles. The van der Waals surface area contributed by atoms with E-state index in [0.29, 0.717) is 22.6 Å². The maximum absolute atomic E-state index is 12.4. The summed E-state index contributed by atoms with van der Waals surface area (Å²) in [7, 11) is 0. The minimum Gasteiger partial charge on any atom is -0.310 e. The molecular weight excluding hydrogens is 292 g/mol. The molecule has 2 heterocycles. The first kappa shape index (κ1) is 15.3. The molecule has 0 aliphatic rings. The second-order valence-corrected chi connectivity index (χ2v) is 5.75. The highest BCUT2D eigenvalue weighted by atomic mass is 16.1. The standard InChI is InChI=1S/C16H20N6O/c1-3-5-10(4-2)8-14-17-13-7-6-11(15-19-21-22-20-15)9-12(13)16(23)18-14/h6-7,9-10H,3-5,8H2,1-2H3,(H,17,18,23)(H,19,20,21,22). The van der Waals surface area contributed by atoms with Gasteiger partial charge in [-0.15, -0.1) is 10.2 Å². The quantitative estimate of drug-likeness (QED) is 0.728. The highest BCUT2D eigenvalue weighted by molar-refractivity contribution is 5.82. The molecule has 0 aliphatic carbocycles. The number of hydrogen-bond acceptors (Lipinski definition) is 5. The van der Waals surface area contributed by atoms with Crippen molar-refractivity contribution in [1.29, 1.82) is 0 Å². The lowest BCUT2D eigenvalue weighted by molar-refractivity contribution is 0.452. The minimum absolute atomic E-state index is 0.123. The topological polar surface area (TPSA) is 100 Å². The zero-order chi connectivity index (χ0) is 16.2. The largest absolute Gasteiger partial charge is 0.310 e. The lowest BCUT2D eigenvalue weighted by Gasteiger charge is -2.13. The third-order valence-corrected chi connectivity index (χ3v) is 4.11. The van der Waals surface area contributed by atoms with Gasteiger partial charge in [-0.25, -0.2) is 4.98 Å². The predicted octanol–water partition coefficient (Wildman–Crippen LogP) is 2.47. The molecule has 1 atom stereocenters. The summed E-state index contributed by atoms with van der Waals surface area (Å²) in [5, 5.41) is 14.3. The van der Waals surface area contributed by atoms with Gasteiger partial charge < -0.3 is 4.98 Å². The molecule has 0 radical (unpaired) electrons. The van der Waals surface area contributed by atoms with E-state index in [1.165, 1.54) is 0 Å². The maximum atomic E-state index is 12.4. The lowest BCUT2D eigenvalue weighted by atomic mass is 9.96. The van der Waals surface area contributed by atoms with Gasteiger partial charge in [0, 0.05) is 12.0 Å². The molecule has 0 aliphatic heterocycles. The van der Waals surface area contributed by atoms with Crippen molar-refractivity contribution in [3.63, 3.8) is 0 Å². The van der Waals surface area contributed by atoms with Gasteiger partial charge in [0.05, 0.1) is 10.9 Å². The highest BCUT2D eigenvalue weighted by Crippen LogP contribution is 2.19. The van der Waals surface area contributed by atoms with Crippen molar-refractivity contribution < 1.29 is 0 Å². The second kappa shape index (κ2) is 6.68. The molecule has 23 heavy (non-hydrogen) atoms. The van der Waals surface area contributed by atoms with Crippen molar-refractivity contribution in [3.8, 4) is 11.4 Å². The number of benzene rings is 1. The molecule has 7 nitrogen and oxygen atoms in total. The summed E-state index contributed by atoms with van der Waals surface area (Å²) >= 11 is 0. The summed E-state index contributed by atoms with van der Waals surface area (Å²) in [5.41, 5.74) is 1.31. The van der Waals surface area contributed by atoms with E-state index in [-0.39, 0.29) is 5.56 Å². The van der Waals surface area contributed by atoms with Gasteiger partial charge >= 0.3 is 0 Å². The van der Waals surface area contributed by atoms with E-state index in [1.807, 2.05) is 12.1 Å². The van der Waals surface area contributed by atoms with Gasteiger partial charge in [-0.2, -0.15) is 5.21 Å². The van der Waals surface area contributed by atoms with Gasteiger partial charge in [0.25, 0.3) is 5.56 Å². The fraction of sp³-hybridized carbons (Fsp3) is 0.438. The Labute approximate surface area is 133 Å². The maximum Gasteiger partial charge on any atom is 0.258 e. The van der Waals surface area contributed by atoms with Crippen LogP contribution in [0.25, 0.3) is 22.3 Å². The molecule has 3 rings (SSSR count). The Balaban J connectivity index is 1.96. The SMILES string of the molecule is CCCC(CC)Cc1nc2ccc(-c3nn[nH]n3)cc2c(=O)[nH]1. The molecule has 2 N–H and O–H groups in total. The smallest absolute Gasteiger partial charge is 0.258 e. The van der Waals surface area contributed by atoms with Crippen LogP contribution in [0.4, 0.5) is 0 Å². The van der Waals surface area contributed by atoms with Gasteiger partial charge in [-0.1, -0.05) is 33.1 Å². The number of nitrogens with zero attached hydrogens (tertiary/aromatic N) is 4. The van der Waals surface area contributed by atoms with Crippen LogP contribution in [0.15, 0.2) is 23.0 Å². The van der Waals surface area contributed by atoms with Crippen molar-refractivity contribution in [2.24, 2.45) is 5.92 Å². The molecule has 1 unspecified atom stereocenters. The molecule has 3 aromatic rings. The summed E-state index contributed by atoms with van der Waals surface area (Å²) in [4.78, 5) is 19.9. The van der Waals surface area contributed by atoms with Crippen molar-refractivity contribution in [1.82, 2.24) is 30.6 Å². The third kappa shape index (κ3) is 3.28. The van der Waals surface area contributed by atoms with Crippen LogP contribution in [0.2, 0.25) is 0 Å². The summed E-state index contributed by atoms with van der Waals surface area (Å²) in [6.07, 6.45) is 4.19. The molecular formula is C16H20N6O. The van der Waals surface area contributed by atoms with Crippen LogP contribution in [0.3, 0.4) is 0 Å². The number of aromatic amines is 2. The van der Waals surface area contributed by atoms with Gasteiger partial charge in [-0.05, 0) is 29.3 Å². The minimum atomic E-state index is -0.123. The first-order valence-electron chi connectivity index (χ1n) is 7.98. The highest BCUT2D eigenvalue weighted by Gasteiger charge is 2.12. The first-order valence-corrected chi connectivity index (χ1v) is 7.98. The fourth-order valence-electron chi connectivity index (χ4n) is 2.84. The number of nitrogens with one attached hydrogen (secondary N) is 2. The molecule has 0 spiro atoms. The number of hydrogen-bond donors (Lipinski definition) is 2. The van der Waals surface area contributed by atoms with E-state index in [2.05, 4.69) is 44.4 Å². The van der Waals surface area contributed by atoms with Crippen LogP contribution in [-0.2, 0) is 6.42 Å². The van der Waals surface area contributed by atoms with E-state index in [9.17, 15) is 4.79 Å². The number of fused-ring (bicyclic) bond motifs is 1. The van der Waals surface area contributed by atoms with Crippen LogP contribution in [0.5, 0.6) is 0 Å². The van der Waals surface area contributed by atoms with Crippen molar-refractivity contribution in [3.05, 3.63) is 34.4 Å². The van der Waals surface area contributed by atoms with Crippen LogP contribution >= 0.6 is 0 Å². The first-order chi connectivity index (χ1) is 11.2. The van der Waals surface area contributed by atoms with Gasteiger partial charge in [0.15, 0.2) is 0 Å². The Morgan fingerprint density at radius 1 is 1.26 bits per heavy atom. The Morgan fingerprint density at radius 3 is 2.83 bits per heavy atom. The van der Waals surface area contributed by atoms with Crippen molar-refractivity contribution in [2.45, 2.75) is 39.5 Å². The second-order valence-electron chi connectivity index (χ2n) is 5.75. The Bertz CT molecular complexity index is 839. The normalized spacial score (nSPS) is 12.6. The van der Waals surface area contributed by atoms with Crippen molar-refractivity contribution in [2.75, 3.05) is 0 Å². The molecule has 1 aromatic carbocycles. The molecule has 0 amide bonds. The zero-order valence-electron chi connectivity index (χ0n) is 13.3. The van der Waals surface area contributed by atoms with E-state index in [1.54, 1.807) is 6.07 Å². The molecule has 0 fully saturated rings. The number of rotatable bonds is 6. The average molecular weight is 312 g/mol. The van der Waals surface area contributed by atoms with Crippen LogP contribution < -0.4 is 5.56 Å². The van der Waals surface area contributed by atoms with Gasteiger partial charge in [-0.3, -0.25) is 4.79 Å². The number of H-pyrrole nitrogens is 2. The Hall–Kier alpha value is -2.57. The summed E-state index contributed by atoms with van der Waals surface area (Å²) in [5.74, 6) is 1.78. The number of aromatic nitrogens is 6. The lowest BCUT2D eigenvalue weighted by Crippen LogP contribution is -2.15. The fourth-order valence-corrected chi connectivity index (χ4v) is 2.84. The van der Waals surface area contributed by atoms with Gasteiger partial charge in [0.1, 0.15) is 5.82 Å². The summed E-state index contributed by atoms with van der Waals surface area (Å²) in [6, 6.07) is 5.44. The van der Waals surface area contributed by atoms with Crippen LogP contribution in [0.1, 0.15) is 38.9 Å². The van der Waals surface area contributed by atoms with E-state index >= 15 is 0 Å². The Kier molecular flexibility index (Phi) is 4.45. The molecule has 0 saturated heterocycles. The molecule has 0 saturated carbocycles. The Morgan fingerprint density at radius 2 is 2.13 bits per heavy atom. The summed E-state index contributed by atoms with van der Waals surface area (Å²) < 4.78 is 0. The van der Waals surface area contributed by atoms with E-state index in [0.717, 1.165) is 37.1 Å². The molecule has 0 bridgehead atoms. The van der Waals surface area contributed by atoms with E-state index < -0.39 is 0 Å². The van der Waals surface area contributed by atoms with Gasteiger partial charge in [0.2, 0.25) is 5.82 Å². The molecule has 7 heteroatoms. The predicted molar refractivity (Wildman–Crippen MR) is 87.9 cm³/mol. The van der Waals surface area contributed by atoms with Crippen molar-refractivity contribution >= 4 is 10.9 Å². The molecule has 120 valence electrons. The van der Waals surface area contributed by atoms with Crippen LogP contribution in [-0.4, -0.2) is 30.6 Å². The van der Waals surface area contributed by atoms with E-state index in [4.69, 9.17) is 0 Å². The monoisotopic (exact) mass is 312 g/mol.